The van der Waals surface area contributed by atoms with Gasteiger partial charge in [0.05, 0.1) is 0 Å². The van der Waals surface area contributed by atoms with Crippen LogP contribution in [0.3, 0.4) is 0 Å². The predicted molar refractivity (Wildman–Crippen MR) is 74.4 cm³/mol. The van der Waals surface area contributed by atoms with Gasteiger partial charge >= 0.3 is 12.0 Å². The molecule has 0 saturated carbocycles. The van der Waals surface area contributed by atoms with Crippen molar-refractivity contribution in [3.63, 3.8) is 0 Å². The lowest BCUT2D eigenvalue weighted by molar-refractivity contribution is -0.139. The molecule has 1 aromatic carbocycles. The summed E-state index contributed by atoms with van der Waals surface area (Å²) in [4.78, 5) is 22.4. The molecule has 116 valence electrons. The first-order chi connectivity index (χ1) is 9.85. The van der Waals surface area contributed by atoms with E-state index < -0.39 is 18.0 Å². The number of hydrogen-bond acceptors (Lipinski definition) is 3. The number of halogens is 1. The quantitative estimate of drug-likeness (QED) is 0.631. The molecule has 0 radical (unpaired) electrons. The molecule has 0 aliphatic rings. The van der Waals surface area contributed by atoms with Crippen molar-refractivity contribution in [1.82, 2.24) is 10.6 Å². The van der Waals surface area contributed by atoms with Crippen molar-refractivity contribution in [3.8, 4) is 0 Å². The van der Waals surface area contributed by atoms with Crippen LogP contribution in [0, 0.1) is 19.7 Å². The SMILES string of the molecule is Cc1cc(CNC(=O)N[C@@H](CCO)C(=O)O)cc(C)c1F. The van der Waals surface area contributed by atoms with Crippen molar-refractivity contribution in [2.24, 2.45) is 0 Å². The van der Waals surface area contributed by atoms with Gasteiger partial charge in [-0.15, -0.1) is 0 Å². The summed E-state index contributed by atoms with van der Waals surface area (Å²) in [5.74, 6) is -1.50. The van der Waals surface area contributed by atoms with Crippen molar-refractivity contribution in [2.45, 2.75) is 32.9 Å². The van der Waals surface area contributed by atoms with Gasteiger partial charge in [-0.25, -0.2) is 14.0 Å². The fraction of sp³-hybridized carbons (Fsp3) is 0.429. The summed E-state index contributed by atoms with van der Waals surface area (Å²) in [5.41, 5.74) is 1.68. The van der Waals surface area contributed by atoms with E-state index in [9.17, 15) is 14.0 Å². The molecule has 21 heavy (non-hydrogen) atoms. The first-order valence-electron chi connectivity index (χ1n) is 6.48. The van der Waals surface area contributed by atoms with Crippen molar-refractivity contribution in [3.05, 3.63) is 34.6 Å². The number of aryl methyl sites for hydroxylation is 2. The fourth-order valence-electron chi connectivity index (χ4n) is 1.92. The minimum absolute atomic E-state index is 0.0719. The third-order valence-corrected chi connectivity index (χ3v) is 2.97. The normalized spacial score (nSPS) is 11.8. The van der Waals surface area contributed by atoms with Crippen molar-refractivity contribution in [2.75, 3.05) is 6.61 Å². The van der Waals surface area contributed by atoms with E-state index in [0.717, 1.165) is 5.56 Å². The van der Waals surface area contributed by atoms with Gasteiger partial charge in [-0.05, 0) is 30.5 Å². The van der Waals surface area contributed by atoms with E-state index in [0.29, 0.717) is 11.1 Å². The van der Waals surface area contributed by atoms with Crippen LogP contribution < -0.4 is 10.6 Å². The largest absolute Gasteiger partial charge is 0.480 e. The Morgan fingerprint density at radius 2 is 1.86 bits per heavy atom. The topological polar surface area (TPSA) is 98.7 Å². The monoisotopic (exact) mass is 298 g/mol. The number of aliphatic hydroxyl groups is 1. The summed E-state index contributed by atoms with van der Waals surface area (Å²) in [5, 5.41) is 22.3. The third kappa shape index (κ3) is 5.03. The number of carbonyl (C=O) groups is 2. The number of benzene rings is 1. The first kappa shape index (κ1) is 16.9. The highest BCUT2D eigenvalue weighted by Crippen LogP contribution is 2.14. The molecule has 0 heterocycles. The van der Waals surface area contributed by atoms with Crippen molar-refractivity contribution < 1.29 is 24.2 Å². The van der Waals surface area contributed by atoms with E-state index in [1.54, 1.807) is 26.0 Å². The Bertz CT molecular complexity index is 511. The lowest BCUT2D eigenvalue weighted by Crippen LogP contribution is -2.46. The van der Waals surface area contributed by atoms with Gasteiger partial charge in [-0.2, -0.15) is 0 Å². The molecule has 0 spiro atoms. The number of carbonyl (C=O) groups excluding carboxylic acids is 1. The summed E-state index contributed by atoms with van der Waals surface area (Å²) in [6.45, 7) is 3.08. The van der Waals surface area contributed by atoms with Crippen molar-refractivity contribution >= 4 is 12.0 Å². The number of carboxylic acid groups (broad SMARTS) is 1. The second kappa shape index (κ2) is 7.58. The standard InChI is InChI=1S/C14H19FN2O4/c1-8-5-10(6-9(2)12(8)15)7-16-14(21)17-11(3-4-18)13(19)20/h5-6,11,18H,3-4,7H2,1-2H3,(H,19,20)(H2,16,17,21)/t11-/m0/s1. The van der Waals surface area contributed by atoms with E-state index in [2.05, 4.69) is 10.6 Å². The minimum Gasteiger partial charge on any atom is -0.480 e. The average molecular weight is 298 g/mol. The molecule has 7 heteroatoms. The molecule has 1 aromatic rings. The van der Waals surface area contributed by atoms with Gasteiger partial charge in [0.2, 0.25) is 0 Å². The van der Waals surface area contributed by atoms with Gasteiger partial charge in [-0.1, -0.05) is 12.1 Å². The number of hydrogen-bond donors (Lipinski definition) is 4. The summed E-state index contributed by atoms with van der Waals surface area (Å²) in [6.07, 6.45) is -0.0719. The van der Waals surface area contributed by atoms with E-state index in [1.165, 1.54) is 0 Å². The van der Waals surface area contributed by atoms with Gasteiger partial charge in [0.15, 0.2) is 0 Å². The molecule has 0 aliphatic heterocycles. The van der Waals surface area contributed by atoms with Gasteiger partial charge in [0, 0.05) is 19.6 Å². The van der Waals surface area contributed by atoms with Gasteiger partial charge in [-0.3, -0.25) is 0 Å². The van der Waals surface area contributed by atoms with Gasteiger partial charge in [0.1, 0.15) is 11.9 Å². The second-order valence-corrected chi connectivity index (χ2v) is 4.77. The zero-order valence-corrected chi connectivity index (χ0v) is 11.9. The number of nitrogens with one attached hydrogen (secondary N) is 2. The molecule has 0 bridgehead atoms. The predicted octanol–water partition coefficient (Wildman–Crippen LogP) is 1.08. The maximum Gasteiger partial charge on any atom is 0.326 e. The molecule has 1 atom stereocenters. The second-order valence-electron chi connectivity index (χ2n) is 4.77. The molecule has 0 unspecified atom stereocenters. The molecule has 1 rings (SSSR count). The number of urea groups is 1. The maximum atomic E-state index is 13.5. The Morgan fingerprint density at radius 1 is 1.29 bits per heavy atom. The zero-order chi connectivity index (χ0) is 16.0. The van der Waals surface area contributed by atoms with Crippen LogP contribution in [0.1, 0.15) is 23.1 Å². The van der Waals surface area contributed by atoms with Crippen LogP contribution in [-0.4, -0.2) is 34.9 Å². The van der Waals surface area contributed by atoms with Crippen molar-refractivity contribution in [1.29, 1.82) is 0 Å². The molecule has 2 amide bonds. The van der Waals surface area contributed by atoms with Crippen LogP contribution in [0.2, 0.25) is 0 Å². The Hall–Kier alpha value is -2.15. The molecule has 6 nitrogen and oxygen atoms in total. The molecule has 0 saturated heterocycles. The average Bonchev–Trinajstić information content (AvgIpc) is 2.41. The van der Waals surface area contributed by atoms with Crippen LogP contribution in [0.5, 0.6) is 0 Å². The van der Waals surface area contributed by atoms with Crippen LogP contribution in [0.25, 0.3) is 0 Å². The number of aliphatic carboxylic acids is 1. The highest BCUT2D eigenvalue weighted by molar-refractivity contribution is 5.82. The number of amides is 2. The summed E-state index contributed by atoms with van der Waals surface area (Å²) >= 11 is 0. The smallest absolute Gasteiger partial charge is 0.326 e. The summed E-state index contributed by atoms with van der Waals surface area (Å²) in [7, 11) is 0. The molecular weight excluding hydrogens is 279 g/mol. The van der Waals surface area contributed by atoms with E-state index in [-0.39, 0.29) is 25.4 Å². The Morgan fingerprint density at radius 3 is 2.33 bits per heavy atom. The minimum atomic E-state index is -1.22. The summed E-state index contributed by atoms with van der Waals surface area (Å²) in [6, 6.07) is 1.43. The number of carboxylic acids is 1. The number of rotatable bonds is 6. The van der Waals surface area contributed by atoms with Crippen LogP contribution >= 0.6 is 0 Å². The highest BCUT2D eigenvalue weighted by atomic mass is 19.1. The lowest BCUT2D eigenvalue weighted by atomic mass is 10.1. The van der Waals surface area contributed by atoms with E-state index in [1.807, 2.05) is 0 Å². The summed E-state index contributed by atoms with van der Waals surface area (Å²) < 4.78 is 13.5. The molecule has 0 fully saturated rings. The van der Waals surface area contributed by atoms with Crippen LogP contribution in [0.4, 0.5) is 9.18 Å². The van der Waals surface area contributed by atoms with Gasteiger partial charge < -0.3 is 20.8 Å². The molecule has 0 aromatic heterocycles. The Balaban J connectivity index is 2.58. The molecular formula is C14H19FN2O4. The van der Waals surface area contributed by atoms with E-state index >= 15 is 0 Å². The molecule has 4 N–H and O–H groups in total. The van der Waals surface area contributed by atoms with Crippen LogP contribution in [0.15, 0.2) is 12.1 Å². The Labute approximate surface area is 122 Å². The third-order valence-electron chi connectivity index (χ3n) is 2.97. The maximum absolute atomic E-state index is 13.5. The number of aliphatic hydroxyl groups excluding tert-OH is 1. The Kier molecular flexibility index (Phi) is 6.10. The lowest BCUT2D eigenvalue weighted by Gasteiger charge is -2.14. The zero-order valence-electron chi connectivity index (χ0n) is 11.9. The van der Waals surface area contributed by atoms with E-state index in [4.69, 9.17) is 10.2 Å². The van der Waals surface area contributed by atoms with Crippen LogP contribution in [-0.2, 0) is 11.3 Å². The fourth-order valence-corrected chi connectivity index (χ4v) is 1.92. The van der Waals surface area contributed by atoms with Gasteiger partial charge in [0.25, 0.3) is 0 Å². The molecule has 0 aliphatic carbocycles. The first-order valence-corrected chi connectivity index (χ1v) is 6.48. The highest BCUT2D eigenvalue weighted by Gasteiger charge is 2.18.